The predicted molar refractivity (Wildman–Crippen MR) is 110 cm³/mol. The van der Waals surface area contributed by atoms with Crippen molar-refractivity contribution in [2.45, 2.75) is 19.8 Å². The summed E-state index contributed by atoms with van der Waals surface area (Å²) in [6.07, 6.45) is 0.894. The molecule has 0 amide bonds. The monoisotopic (exact) mass is 376 g/mol. The Balaban J connectivity index is 1.84. The zero-order valence-corrected chi connectivity index (χ0v) is 16.3. The van der Waals surface area contributed by atoms with Crippen LogP contribution in [0.1, 0.15) is 35.8 Å². The normalized spacial score (nSPS) is 11.3. The van der Waals surface area contributed by atoms with Crippen LogP contribution in [0.15, 0.2) is 53.9 Å². The molecule has 0 spiro atoms. The maximum absolute atomic E-state index is 12.0. The van der Waals surface area contributed by atoms with Crippen molar-refractivity contribution in [3.05, 3.63) is 65.2 Å². The van der Waals surface area contributed by atoms with Crippen molar-refractivity contribution in [1.29, 1.82) is 0 Å². The van der Waals surface area contributed by atoms with Crippen LogP contribution >= 0.6 is 11.3 Å². The van der Waals surface area contributed by atoms with E-state index < -0.39 is 0 Å². The van der Waals surface area contributed by atoms with E-state index in [2.05, 4.69) is 26.0 Å². The Kier molecular flexibility index (Phi) is 4.54. The number of carbonyl (C=O) groups excluding carboxylic acids is 1. The van der Waals surface area contributed by atoms with Crippen LogP contribution in [0.3, 0.4) is 0 Å². The first-order valence-corrected chi connectivity index (χ1v) is 9.70. The summed E-state index contributed by atoms with van der Waals surface area (Å²) in [4.78, 5) is 17.5. The standard InChI is InChI=1S/C22H20N2O2S/c1-14(2)15-4-6-17(7-5-15)21-19(12-25)24-20(13-27-22(24)23-21)16-8-10-18(26-3)11-9-16/h4-14H,1-3H3. The van der Waals surface area contributed by atoms with Crippen LogP contribution in [-0.2, 0) is 0 Å². The lowest BCUT2D eigenvalue weighted by Gasteiger charge is -2.06. The molecule has 4 nitrogen and oxygen atoms in total. The van der Waals surface area contributed by atoms with Crippen molar-refractivity contribution < 1.29 is 9.53 Å². The summed E-state index contributed by atoms with van der Waals surface area (Å²) in [5.41, 5.74) is 5.50. The van der Waals surface area contributed by atoms with Crippen molar-refractivity contribution in [1.82, 2.24) is 9.38 Å². The second-order valence-electron chi connectivity index (χ2n) is 6.71. The van der Waals surface area contributed by atoms with Gasteiger partial charge in [0.15, 0.2) is 11.2 Å². The van der Waals surface area contributed by atoms with Gasteiger partial charge < -0.3 is 4.74 Å². The highest BCUT2D eigenvalue weighted by Crippen LogP contribution is 2.33. The van der Waals surface area contributed by atoms with E-state index in [1.807, 2.05) is 46.2 Å². The lowest BCUT2D eigenvalue weighted by atomic mass is 10.0. The number of ether oxygens (including phenoxy) is 1. The summed E-state index contributed by atoms with van der Waals surface area (Å²) < 4.78 is 7.17. The Morgan fingerprint density at radius 2 is 1.70 bits per heavy atom. The van der Waals surface area contributed by atoms with Crippen LogP contribution in [-0.4, -0.2) is 22.8 Å². The third kappa shape index (κ3) is 3.04. The second-order valence-corrected chi connectivity index (χ2v) is 7.54. The van der Waals surface area contributed by atoms with Crippen molar-refractivity contribution in [2.75, 3.05) is 7.11 Å². The molecule has 0 atom stereocenters. The minimum Gasteiger partial charge on any atom is -0.497 e. The molecule has 0 bridgehead atoms. The molecule has 0 aliphatic rings. The number of thiazole rings is 1. The number of rotatable bonds is 5. The zero-order valence-electron chi connectivity index (χ0n) is 15.5. The molecular formula is C22H20N2O2S. The first-order chi connectivity index (χ1) is 13.1. The maximum Gasteiger partial charge on any atom is 0.195 e. The number of fused-ring (bicyclic) bond motifs is 1. The van der Waals surface area contributed by atoms with Crippen molar-refractivity contribution in [3.63, 3.8) is 0 Å². The van der Waals surface area contributed by atoms with Crippen molar-refractivity contribution >= 4 is 22.6 Å². The molecule has 0 N–H and O–H groups in total. The number of aromatic nitrogens is 2. The van der Waals surface area contributed by atoms with E-state index in [9.17, 15) is 4.79 Å². The van der Waals surface area contributed by atoms with Crippen molar-refractivity contribution in [2.24, 2.45) is 0 Å². The number of aldehydes is 1. The largest absolute Gasteiger partial charge is 0.497 e. The Morgan fingerprint density at radius 1 is 1.04 bits per heavy atom. The molecule has 0 radical (unpaired) electrons. The van der Waals surface area contributed by atoms with Gasteiger partial charge in [0, 0.05) is 10.9 Å². The molecule has 0 saturated carbocycles. The molecule has 2 heterocycles. The average molecular weight is 376 g/mol. The first kappa shape index (κ1) is 17.5. The maximum atomic E-state index is 12.0. The molecule has 4 rings (SSSR count). The van der Waals surface area contributed by atoms with Gasteiger partial charge in [0.1, 0.15) is 17.1 Å². The van der Waals surface area contributed by atoms with Gasteiger partial charge in [0.2, 0.25) is 0 Å². The fraction of sp³-hybridized carbons (Fsp3) is 0.182. The summed E-state index contributed by atoms with van der Waals surface area (Å²) in [5.74, 6) is 1.27. The summed E-state index contributed by atoms with van der Waals surface area (Å²) in [6, 6.07) is 16.1. The number of methoxy groups -OCH3 is 1. The van der Waals surface area contributed by atoms with E-state index in [1.54, 1.807) is 7.11 Å². The zero-order chi connectivity index (χ0) is 19.0. The highest BCUT2D eigenvalue weighted by molar-refractivity contribution is 7.15. The molecule has 136 valence electrons. The van der Waals surface area contributed by atoms with Crippen LogP contribution < -0.4 is 4.74 Å². The van der Waals surface area contributed by atoms with Gasteiger partial charge in [-0.1, -0.05) is 38.1 Å². The van der Waals surface area contributed by atoms with Gasteiger partial charge in [-0.15, -0.1) is 11.3 Å². The highest BCUT2D eigenvalue weighted by atomic mass is 32.1. The number of carbonyl (C=O) groups is 1. The lowest BCUT2D eigenvalue weighted by Crippen LogP contribution is -1.94. The molecule has 0 aliphatic carbocycles. The molecule has 4 aromatic rings. The van der Waals surface area contributed by atoms with E-state index >= 15 is 0 Å². The van der Waals surface area contributed by atoms with Crippen LogP contribution in [0.2, 0.25) is 0 Å². The van der Waals surface area contributed by atoms with E-state index in [1.165, 1.54) is 16.9 Å². The van der Waals surface area contributed by atoms with E-state index in [4.69, 9.17) is 9.72 Å². The number of nitrogens with zero attached hydrogens (tertiary/aromatic N) is 2. The molecule has 0 saturated heterocycles. The van der Waals surface area contributed by atoms with Crippen molar-refractivity contribution in [3.8, 4) is 28.3 Å². The Hall–Kier alpha value is -2.92. The van der Waals surface area contributed by atoms with Gasteiger partial charge in [-0.25, -0.2) is 4.98 Å². The van der Waals surface area contributed by atoms with Gasteiger partial charge in [0.25, 0.3) is 0 Å². The fourth-order valence-corrected chi connectivity index (χ4v) is 4.10. The quantitative estimate of drug-likeness (QED) is 0.421. The van der Waals surface area contributed by atoms with E-state index in [0.29, 0.717) is 11.6 Å². The van der Waals surface area contributed by atoms with Crippen LogP contribution in [0.25, 0.3) is 27.5 Å². The summed E-state index contributed by atoms with van der Waals surface area (Å²) in [6.45, 7) is 4.33. The molecule has 2 aromatic heterocycles. The number of hydrogen-bond donors (Lipinski definition) is 0. The molecular weight excluding hydrogens is 356 g/mol. The molecule has 27 heavy (non-hydrogen) atoms. The van der Waals surface area contributed by atoms with Gasteiger partial charge >= 0.3 is 0 Å². The Labute approximate surface area is 162 Å². The van der Waals surface area contributed by atoms with Crippen LogP contribution in [0.5, 0.6) is 5.75 Å². The van der Waals surface area contributed by atoms with Gasteiger partial charge in [-0.2, -0.15) is 0 Å². The van der Waals surface area contributed by atoms with Crippen LogP contribution in [0, 0.1) is 0 Å². The summed E-state index contributed by atoms with van der Waals surface area (Å²) in [5, 5.41) is 2.03. The first-order valence-electron chi connectivity index (χ1n) is 8.82. The van der Waals surface area contributed by atoms with Gasteiger partial charge in [0.05, 0.1) is 12.8 Å². The smallest absolute Gasteiger partial charge is 0.195 e. The Bertz CT molecular complexity index is 1090. The van der Waals surface area contributed by atoms with E-state index in [-0.39, 0.29) is 0 Å². The average Bonchev–Trinajstić information content (AvgIpc) is 3.27. The molecule has 0 fully saturated rings. The van der Waals surface area contributed by atoms with Gasteiger partial charge in [-0.3, -0.25) is 9.20 Å². The minimum atomic E-state index is 0.469. The topological polar surface area (TPSA) is 43.6 Å². The second kappa shape index (κ2) is 7.00. The predicted octanol–water partition coefficient (Wildman–Crippen LogP) is 5.67. The minimum absolute atomic E-state index is 0.469. The lowest BCUT2D eigenvalue weighted by molar-refractivity contribution is 0.111. The van der Waals surface area contributed by atoms with Crippen LogP contribution in [0.4, 0.5) is 0 Å². The fourth-order valence-electron chi connectivity index (χ4n) is 3.19. The number of hydrogen-bond acceptors (Lipinski definition) is 4. The molecule has 0 unspecified atom stereocenters. The third-order valence-corrected chi connectivity index (χ3v) is 5.57. The summed E-state index contributed by atoms with van der Waals surface area (Å²) >= 11 is 1.53. The molecule has 5 heteroatoms. The number of imidazole rings is 1. The van der Waals surface area contributed by atoms with Gasteiger partial charge in [-0.05, 0) is 41.3 Å². The highest BCUT2D eigenvalue weighted by Gasteiger charge is 2.18. The number of benzene rings is 2. The molecule has 2 aromatic carbocycles. The molecule has 0 aliphatic heterocycles. The Morgan fingerprint density at radius 3 is 2.30 bits per heavy atom. The summed E-state index contributed by atoms with van der Waals surface area (Å²) in [7, 11) is 1.65. The van der Waals surface area contributed by atoms with E-state index in [0.717, 1.165) is 39.5 Å². The SMILES string of the molecule is COc1ccc(-c2csc3nc(-c4ccc(C(C)C)cc4)c(C=O)n23)cc1. The third-order valence-electron chi connectivity index (χ3n) is 4.75.